The zero-order valence-electron chi connectivity index (χ0n) is 14.6. The van der Waals surface area contributed by atoms with Crippen molar-refractivity contribution < 1.29 is 9.53 Å². The molecule has 5 heteroatoms. The maximum Gasteiger partial charge on any atom is 0.307 e. The molecule has 0 radical (unpaired) electrons. The average molecular weight is 319 g/mol. The third-order valence-electron chi connectivity index (χ3n) is 3.22. The van der Waals surface area contributed by atoms with Gasteiger partial charge in [-0.15, -0.1) is 0 Å². The quantitative estimate of drug-likeness (QED) is 0.439. The third kappa shape index (κ3) is 8.24. The number of hydrogen-bond acceptors (Lipinski definition) is 3. The Morgan fingerprint density at radius 1 is 1.17 bits per heavy atom. The van der Waals surface area contributed by atoms with Crippen LogP contribution in [0.2, 0.25) is 0 Å². The van der Waals surface area contributed by atoms with Crippen LogP contribution in [0.15, 0.2) is 35.3 Å². The van der Waals surface area contributed by atoms with E-state index in [1.54, 1.807) is 0 Å². The summed E-state index contributed by atoms with van der Waals surface area (Å²) >= 11 is 0. The van der Waals surface area contributed by atoms with Crippen LogP contribution in [0.5, 0.6) is 0 Å². The maximum atomic E-state index is 11.5. The third-order valence-corrected chi connectivity index (χ3v) is 3.22. The van der Waals surface area contributed by atoms with Gasteiger partial charge in [-0.25, -0.2) is 0 Å². The van der Waals surface area contributed by atoms with Crippen molar-refractivity contribution in [1.29, 1.82) is 0 Å². The molecule has 0 spiro atoms. The van der Waals surface area contributed by atoms with Gasteiger partial charge in [0.1, 0.15) is 0 Å². The molecule has 0 amide bonds. The molecule has 0 aliphatic heterocycles. The van der Waals surface area contributed by atoms with Crippen molar-refractivity contribution in [2.75, 3.05) is 19.6 Å². The van der Waals surface area contributed by atoms with E-state index in [9.17, 15) is 4.79 Å². The number of carbonyl (C=O) groups excluding carboxylic acids is 1. The van der Waals surface area contributed by atoms with Gasteiger partial charge in [0.25, 0.3) is 0 Å². The molecule has 0 heterocycles. The van der Waals surface area contributed by atoms with Gasteiger partial charge in [-0.05, 0) is 26.3 Å². The summed E-state index contributed by atoms with van der Waals surface area (Å²) < 4.78 is 5.11. The lowest BCUT2D eigenvalue weighted by Crippen LogP contribution is -2.38. The monoisotopic (exact) mass is 319 g/mol. The van der Waals surface area contributed by atoms with Crippen LogP contribution in [0.3, 0.4) is 0 Å². The number of rotatable bonds is 8. The SMILES string of the molecule is CCNC(=NCC(C)c1ccccc1)NCCC(=O)OC(C)C. The van der Waals surface area contributed by atoms with Crippen molar-refractivity contribution in [1.82, 2.24) is 10.6 Å². The second-order valence-electron chi connectivity index (χ2n) is 5.75. The lowest BCUT2D eigenvalue weighted by Gasteiger charge is -2.14. The van der Waals surface area contributed by atoms with Crippen molar-refractivity contribution in [3.8, 4) is 0 Å². The molecule has 0 aliphatic rings. The number of aliphatic imine (C=N–C) groups is 1. The molecule has 0 aromatic heterocycles. The number of ether oxygens (including phenoxy) is 1. The predicted molar refractivity (Wildman–Crippen MR) is 94.7 cm³/mol. The number of hydrogen-bond donors (Lipinski definition) is 2. The minimum Gasteiger partial charge on any atom is -0.463 e. The molecule has 1 aromatic rings. The van der Waals surface area contributed by atoms with Crippen molar-refractivity contribution >= 4 is 11.9 Å². The molecule has 1 rings (SSSR count). The van der Waals surface area contributed by atoms with E-state index >= 15 is 0 Å². The number of esters is 1. The first-order valence-electron chi connectivity index (χ1n) is 8.29. The van der Waals surface area contributed by atoms with Gasteiger partial charge >= 0.3 is 5.97 Å². The van der Waals surface area contributed by atoms with Gasteiger partial charge in [0.15, 0.2) is 5.96 Å². The lowest BCUT2D eigenvalue weighted by atomic mass is 10.0. The second kappa shape index (κ2) is 10.6. The van der Waals surface area contributed by atoms with Crippen LogP contribution in [0.4, 0.5) is 0 Å². The summed E-state index contributed by atoms with van der Waals surface area (Å²) in [5.74, 6) is 0.881. The number of guanidine groups is 1. The number of nitrogens with one attached hydrogen (secondary N) is 2. The summed E-state index contributed by atoms with van der Waals surface area (Å²) in [6.45, 7) is 9.85. The zero-order valence-corrected chi connectivity index (χ0v) is 14.6. The summed E-state index contributed by atoms with van der Waals surface area (Å²) in [5, 5.41) is 6.36. The minimum absolute atomic E-state index is 0.0730. The van der Waals surface area contributed by atoms with Crippen molar-refractivity contribution in [3.05, 3.63) is 35.9 Å². The number of carbonyl (C=O) groups is 1. The smallest absolute Gasteiger partial charge is 0.307 e. The molecule has 1 aromatic carbocycles. The summed E-state index contributed by atoms with van der Waals surface area (Å²) in [7, 11) is 0. The van der Waals surface area contributed by atoms with Crippen LogP contribution in [-0.4, -0.2) is 37.7 Å². The van der Waals surface area contributed by atoms with Crippen LogP contribution in [-0.2, 0) is 9.53 Å². The van der Waals surface area contributed by atoms with E-state index in [1.165, 1.54) is 5.56 Å². The molecule has 2 N–H and O–H groups in total. The summed E-state index contributed by atoms with van der Waals surface area (Å²) in [4.78, 5) is 16.1. The Balaban J connectivity index is 2.45. The van der Waals surface area contributed by atoms with Gasteiger partial charge in [0.2, 0.25) is 0 Å². The highest BCUT2D eigenvalue weighted by Gasteiger charge is 2.07. The van der Waals surface area contributed by atoms with E-state index in [2.05, 4.69) is 34.7 Å². The maximum absolute atomic E-state index is 11.5. The largest absolute Gasteiger partial charge is 0.463 e. The van der Waals surface area contributed by atoms with Crippen molar-refractivity contribution in [2.24, 2.45) is 4.99 Å². The van der Waals surface area contributed by atoms with E-state index in [0.29, 0.717) is 25.4 Å². The highest BCUT2D eigenvalue weighted by Crippen LogP contribution is 2.14. The number of benzene rings is 1. The molecule has 1 unspecified atom stereocenters. The summed E-state index contributed by atoms with van der Waals surface area (Å²) in [5.41, 5.74) is 1.27. The molecule has 0 bridgehead atoms. The Kier molecular flexibility index (Phi) is 8.80. The fourth-order valence-electron chi connectivity index (χ4n) is 2.06. The minimum atomic E-state index is -0.194. The Morgan fingerprint density at radius 3 is 2.48 bits per heavy atom. The fourth-order valence-corrected chi connectivity index (χ4v) is 2.06. The van der Waals surface area contributed by atoms with Gasteiger partial charge in [0, 0.05) is 25.6 Å². The first-order valence-corrected chi connectivity index (χ1v) is 8.29. The molecule has 0 aliphatic carbocycles. The first-order chi connectivity index (χ1) is 11.0. The van der Waals surface area contributed by atoms with E-state index in [0.717, 1.165) is 12.5 Å². The first kappa shape index (κ1) is 19.0. The standard InChI is InChI=1S/C18H29N3O2/c1-5-19-18(20-12-11-17(22)23-14(2)3)21-13-15(4)16-9-7-6-8-10-16/h6-10,14-15H,5,11-13H2,1-4H3,(H2,19,20,21). The Labute approximate surface area is 139 Å². The van der Waals surface area contributed by atoms with Crippen LogP contribution >= 0.6 is 0 Å². The van der Waals surface area contributed by atoms with Gasteiger partial charge < -0.3 is 15.4 Å². The molecular weight excluding hydrogens is 290 g/mol. The van der Waals surface area contributed by atoms with Crippen molar-refractivity contribution in [2.45, 2.75) is 46.1 Å². The molecule has 128 valence electrons. The predicted octanol–water partition coefficient (Wildman–Crippen LogP) is 2.69. The topological polar surface area (TPSA) is 62.7 Å². The van der Waals surface area contributed by atoms with E-state index in [-0.39, 0.29) is 12.1 Å². The number of nitrogens with zero attached hydrogens (tertiary/aromatic N) is 1. The van der Waals surface area contributed by atoms with Crippen molar-refractivity contribution in [3.63, 3.8) is 0 Å². The van der Waals surface area contributed by atoms with E-state index < -0.39 is 0 Å². The average Bonchev–Trinajstić information content (AvgIpc) is 2.52. The summed E-state index contributed by atoms with van der Waals surface area (Å²) in [6.07, 6.45) is 0.257. The Morgan fingerprint density at radius 2 is 1.87 bits per heavy atom. The van der Waals surface area contributed by atoms with E-state index in [4.69, 9.17) is 4.74 Å². The molecular formula is C18H29N3O2. The molecule has 1 atom stereocenters. The van der Waals surface area contributed by atoms with Gasteiger partial charge in [-0.3, -0.25) is 9.79 Å². The van der Waals surface area contributed by atoms with Crippen LogP contribution in [0.1, 0.15) is 45.6 Å². The van der Waals surface area contributed by atoms with Crippen LogP contribution < -0.4 is 10.6 Å². The molecule has 5 nitrogen and oxygen atoms in total. The summed E-state index contributed by atoms with van der Waals surface area (Å²) in [6, 6.07) is 10.3. The van der Waals surface area contributed by atoms with E-state index in [1.807, 2.05) is 39.0 Å². The van der Waals surface area contributed by atoms with Crippen LogP contribution in [0, 0.1) is 0 Å². The fraction of sp³-hybridized carbons (Fsp3) is 0.556. The highest BCUT2D eigenvalue weighted by atomic mass is 16.5. The Bertz CT molecular complexity index is 486. The van der Waals surface area contributed by atoms with Crippen LogP contribution in [0.25, 0.3) is 0 Å². The zero-order chi connectivity index (χ0) is 17.1. The van der Waals surface area contributed by atoms with Gasteiger partial charge in [-0.1, -0.05) is 37.3 Å². The highest BCUT2D eigenvalue weighted by molar-refractivity contribution is 5.80. The molecule has 0 saturated heterocycles. The van der Waals surface area contributed by atoms with Gasteiger partial charge in [0.05, 0.1) is 12.5 Å². The normalized spacial score (nSPS) is 12.8. The lowest BCUT2D eigenvalue weighted by molar-refractivity contribution is -0.147. The molecule has 0 fully saturated rings. The van der Waals surface area contributed by atoms with Gasteiger partial charge in [-0.2, -0.15) is 0 Å². The second-order valence-corrected chi connectivity index (χ2v) is 5.75. The molecule has 0 saturated carbocycles. The molecule has 23 heavy (non-hydrogen) atoms. The Hall–Kier alpha value is -2.04.